The van der Waals surface area contributed by atoms with Crippen LogP contribution >= 0.6 is 0 Å². The molecule has 18 heavy (non-hydrogen) atoms. The molecule has 4 nitrogen and oxygen atoms in total. The van der Waals surface area contributed by atoms with E-state index in [2.05, 4.69) is 30.5 Å². The predicted octanol–water partition coefficient (Wildman–Crippen LogP) is 2.20. The summed E-state index contributed by atoms with van der Waals surface area (Å²) in [6, 6.07) is 0. The molecule has 1 aliphatic heterocycles. The third kappa shape index (κ3) is 4.42. The van der Waals surface area contributed by atoms with Gasteiger partial charge >= 0.3 is 0 Å². The van der Waals surface area contributed by atoms with Crippen LogP contribution in [0.4, 0.5) is 0 Å². The average Bonchev–Trinajstić information content (AvgIpc) is 2.96. The quantitative estimate of drug-likeness (QED) is 0.807. The Bertz CT molecular complexity index is 343. The molecule has 0 spiro atoms. The lowest BCUT2D eigenvalue weighted by atomic mass is 10.2. The van der Waals surface area contributed by atoms with Crippen molar-refractivity contribution in [2.75, 3.05) is 13.2 Å². The zero-order chi connectivity index (χ0) is 12.8. The van der Waals surface area contributed by atoms with E-state index in [1.54, 1.807) is 0 Å². The van der Waals surface area contributed by atoms with E-state index in [1.807, 2.05) is 10.9 Å². The van der Waals surface area contributed by atoms with E-state index in [4.69, 9.17) is 4.74 Å². The van der Waals surface area contributed by atoms with Crippen molar-refractivity contribution in [3.63, 3.8) is 0 Å². The van der Waals surface area contributed by atoms with Crippen LogP contribution in [-0.4, -0.2) is 29.0 Å². The van der Waals surface area contributed by atoms with Crippen LogP contribution < -0.4 is 5.32 Å². The van der Waals surface area contributed by atoms with Crippen molar-refractivity contribution in [3.05, 3.63) is 18.0 Å². The number of ether oxygens (including phenoxy) is 1. The fourth-order valence-corrected chi connectivity index (χ4v) is 2.27. The normalized spacial score (nSPS) is 19.8. The highest BCUT2D eigenvalue weighted by molar-refractivity contribution is 5.03. The van der Waals surface area contributed by atoms with Crippen LogP contribution in [0.1, 0.15) is 38.7 Å². The molecule has 0 bridgehead atoms. The molecule has 0 amide bonds. The van der Waals surface area contributed by atoms with Crippen molar-refractivity contribution in [1.29, 1.82) is 0 Å². The minimum atomic E-state index is 0.455. The summed E-state index contributed by atoms with van der Waals surface area (Å²) in [7, 11) is 0. The summed E-state index contributed by atoms with van der Waals surface area (Å²) in [5.74, 6) is 0.694. The molecule has 0 aliphatic carbocycles. The number of hydrogen-bond donors (Lipinski definition) is 1. The summed E-state index contributed by atoms with van der Waals surface area (Å²) < 4.78 is 7.66. The average molecular weight is 251 g/mol. The van der Waals surface area contributed by atoms with Gasteiger partial charge in [0.05, 0.1) is 12.3 Å². The lowest BCUT2D eigenvalue weighted by Gasteiger charge is -2.08. The van der Waals surface area contributed by atoms with E-state index in [-0.39, 0.29) is 0 Å². The van der Waals surface area contributed by atoms with Crippen LogP contribution in [-0.2, 0) is 17.8 Å². The fraction of sp³-hybridized carbons (Fsp3) is 0.786. The molecule has 0 radical (unpaired) electrons. The first-order chi connectivity index (χ1) is 8.74. The summed E-state index contributed by atoms with van der Waals surface area (Å²) in [5, 5.41) is 7.83. The lowest BCUT2D eigenvalue weighted by Crippen LogP contribution is -2.18. The van der Waals surface area contributed by atoms with E-state index in [9.17, 15) is 0 Å². The Labute approximate surface area is 110 Å². The minimum absolute atomic E-state index is 0.455. The summed E-state index contributed by atoms with van der Waals surface area (Å²) in [4.78, 5) is 0. The standard InChI is InChI=1S/C14H25N3O/c1-12(2)8-15-9-13-10-16-17(11-13)6-5-14-4-3-7-18-14/h10-12,14-15H,3-9H2,1-2H3. The number of nitrogens with one attached hydrogen (secondary N) is 1. The van der Waals surface area contributed by atoms with Crippen LogP contribution in [0.25, 0.3) is 0 Å². The van der Waals surface area contributed by atoms with Gasteiger partial charge in [-0.05, 0) is 31.7 Å². The maximum Gasteiger partial charge on any atom is 0.0593 e. The number of nitrogens with zero attached hydrogens (tertiary/aromatic N) is 2. The first-order valence-corrected chi connectivity index (χ1v) is 7.07. The van der Waals surface area contributed by atoms with Gasteiger partial charge in [0.2, 0.25) is 0 Å². The highest BCUT2D eigenvalue weighted by Gasteiger charge is 2.15. The second kappa shape index (κ2) is 6.90. The largest absolute Gasteiger partial charge is 0.378 e. The summed E-state index contributed by atoms with van der Waals surface area (Å²) in [6.45, 7) is 8.32. The molecule has 2 heterocycles. The Hall–Kier alpha value is -0.870. The van der Waals surface area contributed by atoms with Gasteiger partial charge in [-0.25, -0.2) is 0 Å². The molecule has 1 fully saturated rings. The van der Waals surface area contributed by atoms with E-state index in [0.717, 1.165) is 32.7 Å². The smallest absolute Gasteiger partial charge is 0.0593 e. The van der Waals surface area contributed by atoms with Gasteiger partial charge in [0, 0.05) is 31.5 Å². The molecule has 1 aromatic heterocycles. The third-order valence-corrected chi connectivity index (χ3v) is 3.27. The topological polar surface area (TPSA) is 39.1 Å². The molecule has 2 rings (SSSR count). The van der Waals surface area contributed by atoms with Crippen molar-refractivity contribution in [3.8, 4) is 0 Å². The number of aryl methyl sites for hydroxylation is 1. The van der Waals surface area contributed by atoms with Gasteiger partial charge in [-0.1, -0.05) is 13.8 Å². The molecule has 102 valence electrons. The van der Waals surface area contributed by atoms with Crippen LogP contribution in [0.5, 0.6) is 0 Å². The van der Waals surface area contributed by atoms with E-state index in [1.165, 1.54) is 18.4 Å². The lowest BCUT2D eigenvalue weighted by molar-refractivity contribution is 0.0994. The highest BCUT2D eigenvalue weighted by Crippen LogP contribution is 2.15. The van der Waals surface area contributed by atoms with E-state index >= 15 is 0 Å². The van der Waals surface area contributed by atoms with Gasteiger partial charge < -0.3 is 10.1 Å². The fourth-order valence-electron chi connectivity index (χ4n) is 2.27. The molecule has 0 saturated carbocycles. The molecule has 1 unspecified atom stereocenters. The molecule has 1 aromatic rings. The molecular weight excluding hydrogens is 226 g/mol. The molecule has 1 N–H and O–H groups in total. The maximum atomic E-state index is 5.62. The van der Waals surface area contributed by atoms with E-state index < -0.39 is 0 Å². The summed E-state index contributed by atoms with van der Waals surface area (Å²) in [5.41, 5.74) is 1.27. The zero-order valence-corrected chi connectivity index (χ0v) is 11.6. The number of hydrogen-bond acceptors (Lipinski definition) is 3. The van der Waals surface area contributed by atoms with Gasteiger partial charge in [0.15, 0.2) is 0 Å². The van der Waals surface area contributed by atoms with Gasteiger partial charge in [-0.2, -0.15) is 5.10 Å². The molecule has 0 aromatic carbocycles. The van der Waals surface area contributed by atoms with Gasteiger partial charge in [-0.3, -0.25) is 4.68 Å². The van der Waals surface area contributed by atoms with Crippen LogP contribution in [0, 0.1) is 5.92 Å². The Morgan fingerprint density at radius 3 is 3.17 bits per heavy atom. The molecule has 1 saturated heterocycles. The van der Waals surface area contributed by atoms with Crippen LogP contribution in [0.15, 0.2) is 12.4 Å². The molecule has 1 atom stereocenters. The van der Waals surface area contributed by atoms with Crippen molar-refractivity contribution in [2.45, 2.75) is 52.3 Å². The summed E-state index contributed by atoms with van der Waals surface area (Å²) >= 11 is 0. The van der Waals surface area contributed by atoms with Gasteiger partial charge in [0.1, 0.15) is 0 Å². The SMILES string of the molecule is CC(C)CNCc1cnn(CCC2CCCO2)c1. The minimum Gasteiger partial charge on any atom is -0.378 e. The molecule has 4 heteroatoms. The maximum absolute atomic E-state index is 5.62. The van der Waals surface area contributed by atoms with Crippen molar-refractivity contribution < 1.29 is 4.74 Å². The number of rotatable bonds is 7. The Balaban J connectivity index is 1.68. The van der Waals surface area contributed by atoms with Crippen LogP contribution in [0.2, 0.25) is 0 Å². The summed E-state index contributed by atoms with van der Waals surface area (Å²) in [6.07, 6.45) is 8.07. The Morgan fingerprint density at radius 1 is 1.56 bits per heavy atom. The Morgan fingerprint density at radius 2 is 2.44 bits per heavy atom. The third-order valence-electron chi connectivity index (χ3n) is 3.27. The van der Waals surface area contributed by atoms with Crippen molar-refractivity contribution in [1.82, 2.24) is 15.1 Å². The first kappa shape index (κ1) is 13.6. The van der Waals surface area contributed by atoms with Crippen LogP contribution in [0.3, 0.4) is 0 Å². The van der Waals surface area contributed by atoms with Crippen molar-refractivity contribution >= 4 is 0 Å². The monoisotopic (exact) mass is 251 g/mol. The van der Waals surface area contributed by atoms with E-state index in [0.29, 0.717) is 12.0 Å². The predicted molar refractivity (Wildman–Crippen MR) is 72.4 cm³/mol. The number of aromatic nitrogens is 2. The molecular formula is C14H25N3O. The second-order valence-corrected chi connectivity index (χ2v) is 5.56. The van der Waals surface area contributed by atoms with Gasteiger partial charge in [0.25, 0.3) is 0 Å². The second-order valence-electron chi connectivity index (χ2n) is 5.56. The Kier molecular flexibility index (Phi) is 5.20. The zero-order valence-electron chi connectivity index (χ0n) is 11.6. The van der Waals surface area contributed by atoms with Gasteiger partial charge in [-0.15, -0.1) is 0 Å². The molecule has 1 aliphatic rings. The highest BCUT2D eigenvalue weighted by atomic mass is 16.5. The first-order valence-electron chi connectivity index (χ1n) is 7.07. The van der Waals surface area contributed by atoms with Crippen molar-refractivity contribution in [2.24, 2.45) is 5.92 Å².